The summed E-state index contributed by atoms with van der Waals surface area (Å²) >= 11 is 0. The highest BCUT2D eigenvalue weighted by molar-refractivity contribution is 7.89. The molecule has 0 aliphatic rings. The number of carboxylic acids is 1. The van der Waals surface area contributed by atoms with Gasteiger partial charge in [-0.3, -0.25) is 0 Å². The van der Waals surface area contributed by atoms with Crippen LogP contribution in [0.25, 0.3) is 0 Å². The van der Waals surface area contributed by atoms with Gasteiger partial charge in [0.05, 0.1) is 10.5 Å². The van der Waals surface area contributed by atoms with Crippen molar-refractivity contribution >= 4 is 16.0 Å². The van der Waals surface area contributed by atoms with Gasteiger partial charge in [0.25, 0.3) is 0 Å². The number of nitrogens with zero attached hydrogens (tertiary/aromatic N) is 1. The molecule has 1 rings (SSSR count). The highest BCUT2D eigenvalue weighted by atomic mass is 32.2. The summed E-state index contributed by atoms with van der Waals surface area (Å²) < 4.78 is 26.2. The Morgan fingerprint density at radius 1 is 1.10 bits per heavy atom. The lowest BCUT2D eigenvalue weighted by molar-refractivity contribution is 0.0696. The Morgan fingerprint density at radius 3 is 1.90 bits per heavy atom. The van der Waals surface area contributed by atoms with Crippen LogP contribution < -0.4 is 6.15 Å². The Balaban J connectivity index is 0.00000361. The lowest BCUT2D eigenvalue weighted by Crippen LogP contribution is -2.32. The first-order valence-electron chi connectivity index (χ1n) is 6.27. The van der Waals surface area contributed by atoms with Gasteiger partial charge in [0.1, 0.15) is 0 Å². The summed E-state index contributed by atoms with van der Waals surface area (Å²) in [7, 11) is -3.53. The molecule has 0 atom stereocenters. The van der Waals surface area contributed by atoms with Crippen LogP contribution in [0.3, 0.4) is 0 Å². The second-order valence-corrected chi connectivity index (χ2v) is 6.17. The van der Waals surface area contributed by atoms with Crippen molar-refractivity contribution in [1.82, 2.24) is 10.5 Å². The maximum absolute atomic E-state index is 12.4. The summed E-state index contributed by atoms with van der Waals surface area (Å²) in [5, 5.41) is 8.80. The van der Waals surface area contributed by atoms with Gasteiger partial charge in [0.2, 0.25) is 10.0 Å². The Hall–Kier alpha value is -1.44. The Morgan fingerprint density at radius 2 is 1.55 bits per heavy atom. The molecule has 0 radical (unpaired) electrons. The van der Waals surface area contributed by atoms with Crippen LogP contribution in [0, 0.1) is 0 Å². The molecule has 1 aromatic rings. The van der Waals surface area contributed by atoms with Crippen LogP contribution >= 0.6 is 0 Å². The van der Waals surface area contributed by atoms with E-state index in [1.54, 1.807) is 0 Å². The fourth-order valence-electron chi connectivity index (χ4n) is 1.77. The zero-order chi connectivity index (χ0) is 14.5. The van der Waals surface area contributed by atoms with Gasteiger partial charge >= 0.3 is 5.97 Å². The van der Waals surface area contributed by atoms with Crippen LogP contribution in [0.4, 0.5) is 0 Å². The van der Waals surface area contributed by atoms with Gasteiger partial charge in [-0.2, -0.15) is 4.31 Å². The van der Waals surface area contributed by atoms with E-state index in [0.29, 0.717) is 13.1 Å². The number of sulfonamides is 1. The molecule has 4 N–H and O–H groups in total. The van der Waals surface area contributed by atoms with E-state index in [2.05, 4.69) is 0 Å². The molecule has 0 fully saturated rings. The lowest BCUT2D eigenvalue weighted by Gasteiger charge is -2.20. The summed E-state index contributed by atoms with van der Waals surface area (Å²) in [6, 6.07) is 5.31. The van der Waals surface area contributed by atoms with E-state index >= 15 is 0 Å². The minimum atomic E-state index is -3.53. The minimum absolute atomic E-state index is 0. The molecule has 7 heteroatoms. The number of aromatic carboxylic acids is 1. The number of rotatable bonds is 7. The molecule has 0 spiro atoms. The van der Waals surface area contributed by atoms with Crippen LogP contribution in [-0.2, 0) is 10.0 Å². The second kappa shape index (κ2) is 7.98. The zero-order valence-corrected chi connectivity index (χ0v) is 12.7. The van der Waals surface area contributed by atoms with E-state index in [-0.39, 0.29) is 16.6 Å². The SMILES string of the molecule is CCCN(CCC)S(=O)(=O)c1ccc(C(=O)O)cc1.N. The molecule has 20 heavy (non-hydrogen) atoms. The summed E-state index contributed by atoms with van der Waals surface area (Å²) in [6.45, 7) is 4.78. The fourth-order valence-corrected chi connectivity index (χ4v) is 3.39. The fraction of sp³-hybridized carbons (Fsp3) is 0.462. The minimum Gasteiger partial charge on any atom is -0.478 e. The average Bonchev–Trinajstić information content (AvgIpc) is 2.38. The predicted octanol–water partition coefficient (Wildman–Crippen LogP) is 2.36. The molecule has 6 nitrogen and oxygen atoms in total. The van der Waals surface area contributed by atoms with Gasteiger partial charge in [-0.1, -0.05) is 13.8 Å². The van der Waals surface area contributed by atoms with E-state index in [0.717, 1.165) is 12.8 Å². The van der Waals surface area contributed by atoms with Gasteiger partial charge in [0, 0.05) is 13.1 Å². The summed E-state index contributed by atoms with van der Waals surface area (Å²) in [6.07, 6.45) is 1.48. The summed E-state index contributed by atoms with van der Waals surface area (Å²) in [4.78, 5) is 10.9. The maximum atomic E-state index is 12.4. The van der Waals surface area contributed by atoms with Gasteiger partial charge in [-0.15, -0.1) is 0 Å². The van der Waals surface area contributed by atoms with E-state index < -0.39 is 16.0 Å². The van der Waals surface area contributed by atoms with Gasteiger partial charge in [-0.25, -0.2) is 13.2 Å². The first kappa shape index (κ1) is 18.6. The maximum Gasteiger partial charge on any atom is 0.335 e. The molecule has 0 heterocycles. The first-order valence-corrected chi connectivity index (χ1v) is 7.71. The number of carboxylic acid groups (broad SMARTS) is 1. The lowest BCUT2D eigenvalue weighted by atomic mass is 10.2. The van der Waals surface area contributed by atoms with Crippen molar-refractivity contribution in [3.8, 4) is 0 Å². The van der Waals surface area contributed by atoms with Crippen LogP contribution in [0.2, 0.25) is 0 Å². The summed E-state index contributed by atoms with van der Waals surface area (Å²) in [5.41, 5.74) is 0.0801. The monoisotopic (exact) mass is 302 g/mol. The van der Waals surface area contributed by atoms with Crippen molar-refractivity contribution in [3.63, 3.8) is 0 Å². The third-order valence-corrected chi connectivity index (χ3v) is 4.60. The molecule has 0 saturated heterocycles. The molecule has 0 saturated carbocycles. The van der Waals surface area contributed by atoms with Gasteiger partial charge in [0.15, 0.2) is 0 Å². The molecule has 0 aromatic heterocycles. The Bertz CT molecular complexity index is 520. The van der Waals surface area contributed by atoms with E-state index in [1.165, 1.54) is 28.6 Å². The van der Waals surface area contributed by atoms with E-state index in [1.807, 2.05) is 13.8 Å². The highest BCUT2D eigenvalue weighted by Gasteiger charge is 2.23. The Kier molecular flexibility index (Phi) is 7.41. The zero-order valence-electron chi connectivity index (χ0n) is 11.9. The molecule has 0 bridgehead atoms. The predicted molar refractivity (Wildman–Crippen MR) is 77.8 cm³/mol. The molecule has 114 valence electrons. The number of benzene rings is 1. The smallest absolute Gasteiger partial charge is 0.335 e. The molecule has 0 amide bonds. The van der Waals surface area contributed by atoms with Crippen LogP contribution in [0.5, 0.6) is 0 Å². The van der Waals surface area contributed by atoms with Crippen molar-refractivity contribution in [2.75, 3.05) is 13.1 Å². The van der Waals surface area contributed by atoms with Crippen molar-refractivity contribution in [1.29, 1.82) is 0 Å². The van der Waals surface area contributed by atoms with E-state index in [4.69, 9.17) is 5.11 Å². The van der Waals surface area contributed by atoms with Gasteiger partial charge in [-0.05, 0) is 37.1 Å². The molecule has 0 aliphatic heterocycles. The van der Waals surface area contributed by atoms with Gasteiger partial charge < -0.3 is 11.3 Å². The third kappa shape index (κ3) is 4.29. The summed E-state index contributed by atoms with van der Waals surface area (Å²) in [5.74, 6) is -1.07. The second-order valence-electron chi connectivity index (χ2n) is 4.23. The molecular weight excluding hydrogens is 280 g/mol. The van der Waals surface area contributed by atoms with Crippen molar-refractivity contribution in [2.24, 2.45) is 0 Å². The Labute approximate surface area is 120 Å². The van der Waals surface area contributed by atoms with Crippen molar-refractivity contribution < 1.29 is 18.3 Å². The van der Waals surface area contributed by atoms with E-state index in [9.17, 15) is 13.2 Å². The molecule has 0 unspecified atom stereocenters. The quantitative estimate of drug-likeness (QED) is 0.803. The van der Waals surface area contributed by atoms with Crippen molar-refractivity contribution in [3.05, 3.63) is 29.8 Å². The first-order chi connectivity index (χ1) is 8.93. The number of hydrogen-bond acceptors (Lipinski definition) is 4. The largest absolute Gasteiger partial charge is 0.478 e. The number of hydrogen-bond donors (Lipinski definition) is 2. The van der Waals surface area contributed by atoms with Crippen molar-refractivity contribution in [2.45, 2.75) is 31.6 Å². The van der Waals surface area contributed by atoms with Crippen LogP contribution in [0.15, 0.2) is 29.2 Å². The topological polar surface area (TPSA) is 110 Å². The van der Waals surface area contributed by atoms with Crippen LogP contribution in [-0.4, -0.2) is 36.9 Å². The molecular formula is C13H22N2O4S. The standard InChI is InChI=1S/C13H19NO4S.H3N/c1-3-9-14(10-4-2)19(17,18)12-7-5-11(6-8-12)13(15)16;/h5-8H,3-4,9-10H2,1-2H3,(H,15,16);1H3. The highest BCUT2D eigenvalue weighted by Crippen LogP contribution is 2.17. The molecule has 0 aliphatic carbocycles. The average molecular weight is 302 g/mol. The normalized spacial score (nSPS) is 11.2. The van der Waals surface area contributed by atoms with Crippen LogP contribution in [0.1, 0.15) is 37.0 Å². The molecule has 1 aromatic carbocycles. The third-order valence-electron chi connectivity index (χ3n) is 2.69. The number of carbonyl (C=O) groups is 1.